The third-order valence-electron chi connectivity index (χ3n) is 7.02. The van der Waals surface area contributed by atoms with E-state index in [1.807, 2.05) is 37.4 Å². The van der Waals surface area contributed by atoms with E-state index in [1.54, 1.807) is 18.4 Å². The molecule has 0 saturated carbocycles. The summed E-state index contributed by atoms with van der Waals surface area (Å²) < 4.78 is 2.39. The van der Waals surface area contributed by atoms with Crippen molar-refractivity contribution in [3.05, 3.63) is 158 Å². The van der Waals surface area contributed by atoms with E-state index in [0.717, 1.165) is 28.9 Å². The number of rotatable bonds is 9. The first kappa shape index (κ1) is 26.5. The van der Waals surface area contributed by atoms with Gasteiger partial charge in [-0.25, -0.2) is 0 Å². The van der Waals surface area contributed by atoms with Crippen LogP contribution in [0.3, 0.4) is 0 Å². The molecule has 0 spiro atoms. The molecular weight excluding hydrogens is 486 g/mol. The van der Waals surface area contributed by atoms with Gasteiger partial charge in [-0.1, -0.05) is 98.1 Å². The summed E-state index contributed by atoms with van der Waals surface area (Å²) in [5, 5.41) is 4.84. The molecule has 0 bridgehead atoms. The number of hydrogen-bond acceptors (Lipinski definition) is 2. The van der Waals surface area contributed by atoms with Gasteiger partial charge in [0.25, 0.3) is 0 Å². The van der Waals surface area contributed by atoms with Crippen LogP contribution in [0.25, 0.3) is 43.8 Å². The average molecular weight is 520 g/mol. The van der Waals surface area contributed by atoms with Gasteiger partial charge in [0, 0.05) is 28.1 Å². The smallest absolute Gasteiger partial charge is 0.0619 e. The van der Waals surface area contributed by atoms with Crippen molar-refractivity contribution >= 4 is 44.4 Å². The molecule has 3 heteroatoms. The molecule has 0 aliphatic rings. The van der Waals surface area contributed by atoms with E-state index in [1.165, 1.54) is 38.1 Å². The fraction of sp³-hybridized carbons (Fsp3) is 0.0541. The lowest BCUT2D eigenvalue weighted by Gasteiger charge is -2.11. The van der Waals surface area contributed by atoms with Gasteiger partial charge < -0.3 is 10.3 Å². The summed E-state index contributed by atoms with van der Waals surface area (Å²) in [7, 11) is 0. The molecular formula is C37H33N3. The Hall–Kier alpha value is -5.15. The van der Waals surface area contributed by atoms with Crippen LogP contribution in [-0.2, 0) is 6.42 Å². The van der Waals surface area contributed by atoms with Gasteiger partial charge in [-0.15, -0.1) is 0 Å². The normalized spacial score (nSPS) is 13.0. The molecule has 0 radical (unpaired) electrons. The van der Waals surface area contributed by atoms with Gasteiger partial charge in [0.1, 0.15) is 0 Å². The summed E-state index contributed by atoms with van der Waals surface area (Å²) in [6, 6.07) is 28.4. The number of para-hydroxylation sites is 1. The van der Waals surface area contributed by atoms with Crippen LogP contribution >= 0.6 is 0 Å². The van der Waals surface area contributed by atoms with Crippen molar-refractivity contribution in [1.82, 2.24) is 4.57 Å². The molecule has 0 aliphatic carbocycles. The molecule has 5 aromatic rings. The second-order valence-corrected chi connectivity index (χ2v) is 9.47. The van der Waals surface area contributed by atoms with E-state index < -0.39 is 0 Å². The van der Waals surface area contributed by atoms with E-state index in [-0.39, 0.29) is 0 Å². The minimum atomic E-state index is 0.829. The first-order chi connectivity index (χ1) is 19.7. The Morgan fingerprint density at radius 1 is 0.900 bits per heavy atom. The van der Waals surface area contributed by atoms with Gasteiger partial charge in [0.05, 0.1) is 16.7 Å². The van der Waals surface area contributed by atoms with Gasteiger partial charge in [0.15, 0.2) is 0 Å². The molecule has 0 saturated heterocycles. The summed E-state index contributed by atoms with van der Waals surface area (Å²) in [4.78, 5) is 4.59. The molecule has 0 unspecified atom stereocenters. The van der Waals surface area contributed by atoms with E-state index in [9.17, 15) is 0 Å². The summed E-state index contributed by atoms with van der Waals surface area (Å²) in [6.07, 6.45) is 17.7. The van der Waals surface area contributed by atoms with Gasteiger partial charge in [-0.2, -0.15) is 0 Å². The summed E-state index contributed by atoms with van der Waals surface area (Å²) in [6.45, 7) is 9.71. The number of fused-ring (bicyclic) bond motifs is 5. The van der Waals surface area contributed by atoms with Crippen LogP contribution in [0, 0.1) is 0 Å². The highest BCUT2D eigenvalue weighted by Crippen LogP contribution is 2.37. The zero-order valence-corrected chi connectivity index (χ0v) is 22.8. The van der Waals surface area contributed by atoms with Gasteiger partial charge in [-0.3, -0.25) is 4.99 Å². The van der Waals surface area contributed by atoms with Crippen molar-refractivity contribution in [1.29, 1.82) is 0 Å². The Kier molecular flexibility index (Phi) is 8.03. The number of aliphatic imine (C=N–C) groups is 1. The summed E-state index contributed by atoms with van der Waals surface area (Å²) >= 11 is 0. The number of nitrogens with two attached hydrogens (primary N) is 1. The van der Waals surface area contributed by atoms with Crippen molar-refractivity contribution in [2.75, 3.05) is 0 Å². The molecule has 0 amide bonds. The maximum atomic E-state index is 5.48. The van der Waals surface area contributed by atoms with Gasteiger partial charge in [-0.05, 0) is 78.0 Å². The molecule has 1 heterocycles. The second kappa shape index (κ2) is 12.1. The molecule has 40 heavy (non-hydrogen) atoms. The minimum absolute atomic E-state index is 0.829. The lowest BCUT2D eigenvalue weighted by atomic mass is 9.99. The van der Waals surface area contributed by atoms with E-state index in [0.29, 0.717) is 0 Å². The predicted molar refractivity (Wildman–Crippen MR) is 175 cm³/mol. The highest BCUT2D eigenvalue weighted by atomic mass is 15.0. The predicted octanol–water partition coefficient (Wildman–Crippen LogP) is 9.24. The number of allylic oxidation sites excluding steroid dienone is 8. The zero-order chi connectivity index (χ0) is 27.9. The van der Waals surface area contributed by atoms with Crippen molar-refractivity contribution in [3.63, 3.8) is 0 Å². The van der Waals surface area contributed by atoms with Crippen molar-refractivity contribution in [3.8, 4) is 5.69 Å². The van der Waals surface area contributed by atoms with E-state index >= 15 is 0 Å². The fourth-order valence-electron chi connectivity index (χ4n) is 5.11. The number of hydrogen-bond donors (Lipinski definition) is 1. The van der Waals surface area contributed by atoms with E-state index in [2.05, 4.69) is 108 Å². The monoisotopic (exact) mass is 519 g/mol. The van der Waals surface area contributed by atoms with Crippen LogP contribution in [0.2, 0.25) is 0 Å². The molecule has 5 rings (SSSR count). The molecule has 3 nitrogen and oxygen atoms in total. The Balaban J connectivity index is 1.72. The topological polar surface area (TPSA) is 43.3 Å². The average Bonchev–Trinajstić information content (AvgIpc) is 3.33. The van der Waals surface area contributed by atoms with Crippen LogP contribution in [0.15, 0.2) is 151 Å². The van der Waals surface area contributed by atoms with Crippen LogP contribution < -0.4 is 5.73 Å². The van der Waals surface area contributed by atoms with Crippen LogP contribution in [0.1, 0.15) is 18.1 Å². The van der Waals surface area contributed by atoms with Crippen LogP contribution in [0.5, 0.6) is 0 Å². The minimum Gasteiger partial charge on any atom is -0.405 e. The molecule has 1 aromatic heterocycles. The van der Waals surface area contributed by atoms with Crippen molar-refractivity contribution < 1.29 is 0 Å². The quantitative estimate of drug-likeness (QED) is 0.153. The number of aromatic nitrogens is 1. The van der Waals surface area contributed by atoms with Gasteiger partial charge >= 0.3 is 0 Å². The Labute approximate surface area is 236 Å². The lowest BCUT2D eigenvalue weighted by molar-refractivity contribution is 1.18. The molecule has 196 valence electrons. The first-order valence-electron chi connectivity index (χ1n) is 13.4. The highest BCUT2D eigenvalue weighted by Gasteiger charge is 2.16. The Morgan fingerprint density at radius 3 is 2.45 bits per heavy atom. The largest absolute Gasteiger partial charge is 0.405 e. The highest BCUT2D eigenvalue weighted by molar-refractivity contribution is 6.19. The maximum absolute atomic E-state index is 5.48. The molecule has 0 aliphatic heterocycles. The summed E-state index contributed by atoms with van der Waals surface area (Å²) in [5.74, 6) is 0. The number of benzene rings is 4. The maximum Gasteiger partial charge on any atom is 0.0619 e. The SMILES string of the molecule is C=C\C=C(/C=N/C(C=C)=C/C)c1ccc2c(ccc3c4ccc(C/C=C\C=C/N)cc4n(-c4ccccc4)c23)c1. The molecule has 4 aromatic carbocycles. The summed E-state index contributed by atoms with van der Waals surface area (Å²) in [5.41, 5.74) is 13.2. The van der Waals surface area contributed by atoms with Crippen molar-refractivity contribution in [2.45, 2.75) is 13.3 Å². The fourth-order valence-corrected chi connectivity index (χ4v) is 5.11. The zero-order valence-electron chi connectivity index (χ0n) is 22.8. The van der Waals surface area contributed by atoms with Crippen LogP contribution in [-0.4, -0.2) is 10.8 Å². The standard InChI is InChI=1S/C37H33N3/c1-4-13-30(26-39-31(5-2)6-3)28-18-21-33-29(25-28)19-22-35-34-20-17-27(14-9-8-12-23-38)24-36(34)40(37(33)35)32-15-10-7-11-16-32/h4-13,15-26H,1-2,14,38H2,3H3/b9-8-,23-12-,30-13+,31-6+,39-26+. The number of nitrogens with zero attached hydrogens (tertiary/aromatic N) is 2. The van der Waals surface area contributed by atoms with Crippen LogP contribution in [0.4, 0.5) is 0 Å². The first-order valence-corrected chi connectivity index (χ1v) is 13.4. The Morgan fingerprint density at radius 2 is 1.70 bits per heavy atom. The Bertz CT molecular complexity index is 1860. The second-order valence-electron chi connectivity index (χ2n) is 9.47. The van der Waals surface area contributed by atoms with Crippen molar-refractivity contribution in [2.24, 2.45) is 10.7 Å². The third-order valence-corrected chi connectivity index (χ3v) is 7.02. The lowest BCUT2D eigenvalue weighted by Crippen LogP contribution is -1.95. The van der Waals surface area contributed by atoms with Gasteiger partial charge in [0.2, 0.25) is 0 Å². The van der Waals surface area contributed by atoms with E-state index in [4.69, 9.17) is 5.73 Å². The molecule has 2 N–H and O–H groups in total. The third kappa shape index (κ3) is 5.23. The molecule has 0 fully saturated rings. The molecule has 0 atom stereocenters.